The van der Waals surface area contributed by atoms with Gasteiger partial charge in [0.25, 0.3) is 0 Å². The van der Waals surface area contributed by atoms with E-state index in [1.807, 2.05) is 6.92 Å². The summed E-state index contributed by atoms with van der Waals surface area (Å²) < 4.78 is 39.0. The molecule has 0 spiro atoms. The quantitative estimate of drug-likeness (QED) is 0.885. The molecule has 2 rings (SSSR count). The highest BCUT2D eigenvalue weighted by Crippen LogP contribution is 2.26. The van der Waals surface area contributed by atoms with E-state index in [-0.39, 0.29) is 6.04 Å². The second kappa shape index (κ2) is 7.44. The predicted molar refractivity (Wildman–Crippen MR) is 89.0 cm³/mol. The molecule has 4 nitrogen and oxygen atoms in total. The standard InChI is InChI=1S/C17H29F3N4/c1-11(2)23-8-6-15(7-9-23)21-12(3)16-13(4)22-24(14(16)5)10-17(18,19)20/h11-12,15,21H,6-10H2,1-5H3. The van der Waals surface area contributed by atoms with Gasteiger partial charge in [0.05, 0.1) is 5.69 Å². The summed E-state index contributed by atoms with van der Waals surface area (Å²) in [7, 11) is 0. The van der Waals surface area contributed by atoms with Crippen molar-refractivity contribution in [2.24, 2.45) is 0 Å². The SMILES string of the molecule is Cc1nn(CC(F)(F)F)c(C)c1C(C)NC1CCN(C(C)C)CC1. The highest BCUT2D eigenvalue weighted by atomic mass is 19.4. The van der Waals surface area contributed by atoms with Gasteiger partial charge in [-0.3, -0.25) is 4.68 Å². The maximum Gasteiger partial charge on any atom is 0.408 e. The highest BCUT2D eigenvalue weighted by Gasteiger charge is 2.31. The van der Waals surface area contributed by atoms with Crippen molar-refractivity contribution in [2.75, 3.05) is 13.1 Å². The van der Waals surface area contributed by atoms with Gasteiger partial charge < -0.3 is 10.2 Å². The lowest BCUT2D eigenvalue weighted by molar-refractivity contribution is -0.143. The average molecular weight is 346 g/mol. The molecule has 0 aliphatic carbocycles. The summed E-state index contributed by atoms with van der Waals surface area (Å²) in [5.41, 5.74) is 2.17. The number of hydrogen-bond acceptors (Lipinski definition) is 3. The smallest absolute Gasteiger partial charge is 0.307 e. The van der Waals surface area contributed by atoms with Crippen LogP contribution < -0.4 is 5.32 Å². The second-order valence-corrected chi connectivity index (χ2v) is 7.15. The summed E-state index contributed by atoms with van der Waals surface area (Å²) in [6, 6.07) is 0.968. The molecule has 1 aromatic heterocycles. The van der Waals surface area contributed by atoms with Crippen molar-refractivity contribution in [3.05, 3.63) is 17.0 Å². The number of nitrogens with zero attached hydrogens (tertiary/aromatic N) is 3. The van der Waals surface area contributed by atoms with Crippen molar-refractivity contribution in [3.8, 4) is 0 Å². The molecule has 2 heterocycles. The van der Waals surface area contributed by atoms with Crippen LogP contribution in [-0.2, 0) is 6.54 Å². The molecule has 1 N–H and O–H groups in total. The molecule has 0 aromatic carbocycles. The Bertz CT molecular complexity index is 543. The van der Waals surface area contributed by atoms with Gasteiger partial charge in [-0.2, -0.15) is 18.3 Å². The molecule has 0 bridgehead atoms. The number of aryl methyl sites for hydroxylation is 1. The zero-order valence-corrected chi connectivity index (χ0v) is 15.2. The van der Waals surface area contributed by atoms with Gasteiger partial charge in [-0.25, -0.2) is 0 Å². The predicted octanol–water partition coefficient (Wildman–Crippen LogP) is 3.59. The van der Waals surface area contributed by atoms with E-state index < -0.39 is 12.7 Å². The van der Waals surface area contributed by atoms with Gasteiger partial charge in [0, 0.05) is 29.4 Å². The number of alkyl halides is 3. The Hall–Kier alpha value is -1.08. The normalized spacial score (nSPS) is 19.2. The molecular formula is C17H29F3N4. The van der Waals surface area contributed by atoms with Crippen molar-refractivity contribution in [1.82, 2.24) is 20.0 Å². The number of aromatic nitrogens is 2. The van der Waals surface area contributed by atoms with E-state index in [2.05, 4.69) is 29.2 Å². The fourth-order valence-corrected chi connectivity index (χ4v) is 3.68. The van der Waals surface area contributed by atoms with Crippen LogP contribution in [0.3, 0.4) is 0 Å². The van der Waals surface area contributed by atoms with Crippen molar-refractivity contribution in [1.29, 1.82) is 0 Å². The Kier molecular flexibility index (Phi) is 5.96. The molecule has 138 valence electrons. The first kappa shape index (κ1) is 19.2. The van der Waals surface area contributed by atoms with Gasteiger partial charge in [0.1, 0.15) is 6.54 Å². The van der Waals surface area contributed by atoms with Crippen molar-refractivity contribution < 1.29 is 13.2 Å². The first-order valence-electron chi connectivity index (χ1n) is 8.69. The van der Waals surface area contributed by atoms with Gasteiger partial charge in [-0.15, -0.1) is 0 Å². The summed E-state index contributed by atoms with van der Waals surface area (Å²) in [6.07, 6.45) is -2.12. The topological polar surface area (TPSA) is 33.1 Å². The van der Waals surface area contributed by atoms with Crippen LogP contribution in [-0.4, -0.2) is 46.0 Å². The lowest BCUT2D eigenvalue weighted by Crippen LogP contribution is -2.45. The Morgan fingerprint density at radius 1 is 1.17 bits per heavy atom. The third kappa shape index (κ3) is 4.72. The zero-order valence-electron chi connectivity index (χ0n) is 15.2. The lowest BCUT2D eigenvalue weighted by Gasteiger charge is -2.36. The molecule has 1 unspecified atom stereocenters. The van der Waals surface area contributed by atoms with Crippen LogP contribution >= 0.6 is 0 Å². The fraction of sp³-hybridized carbons (Fsp3) is 0.824. The Morgan fingerprint density at radius 2 is 1.75 bits per heavy atom. The van der Waals surface area contributed by atoms with Crippen molar-refractivity contribution in [2.45, 2.75) is 78.3 Å². The van der Waals surface area contributed by atoms with Crippen LogP contribution in [0.5, 0.6) is 0 Å². The Labute approximate surface area is 142 Å². The summed E-state index contributed by atoms with van der Waals surface area (Å²) >= 11 is 0. The molecule has 1 aromatic rings. The maximum atomic E-state index is 12.7. The summed E-state index contributed by atoms with van der Waals surface area (Å²) in [6.45, 7) is 11.0. The van der Waals surface area contributed by atoms with Crippen LogP contribution in [0.4, 0.5) is 13.2 Å². The van der Waals surface area contributed by atoms with Crippen LogP contribution in [0.2, 0.25) is 0 Å². The zero-order chi connectivity index (χ0) is 18.1. The van der Waals surface area contributed by atoms with E-state index in [0.29, 0.717) is 23.5 Å². The van der Waals surface area contributed by atoms with E-state index in [1.165, 1.54) is 0 Å². The van der Waals surface area contributed by atoms with Crippen molar-refractivity contribution >= 4 is 0 Å². The third-order valence-corrected chi connectivity index (χ3v) is 4.95. The minimum absolute atomic E-state index is 0.00239. The molecule has 1 aliphatic rings. The van der Waals surface area contributed by atoms with Gasteiger partial charge in [-0.1, -0.05) is 0 Å². The Morgan fingerprint density at radius 3 is 2.25 bits per heavy atom. The Balaban J connectivity index is 2.01. The van der Waals surface area contributed by atoms with Crippen LogP contribution in [0.1, 0.15) is 56.6 Å². The van der Waals surface area contributed by atoms with Crippen LogP contribution in [0.25, 0.3) is 0 Å². The third-order valence-electron chi connectivity index (χ3n) is 4.95. The molecule has 0 amide bonds. The minimum Gasteiger partial charge on any atom is -0.307 e. The summed E-state index contributed by atoms with van der Waals surface area (Å²) in [4.78, 5) is 2.46. The largest absolute Gasteiger partial charge is 0.408 e. The van der Waals surface area contributed by atoms with Gasteiger partial charge in [-0.05, 0) is 60.5 Å². The van der Waals surface area contributed by atoms with E-state index in [9.17, 15) is 13.2 Å². The van der Waals surface area contributed by atoms with E-state index in [1.54, 1.807) is 13.8 Å². The number of hydrogen-bond donors (Lipinski definition) is 1. The van der Waals surface area contributed by atoms with Crippen molar-refractivity contribution in [3.63, 3.8) is 0 Å². The van der Waals surface area contributed by atoms with E-state index in [4.69, 9.17) is 0 Å². The number of halogens is 3. The first-order chi connectivity index (χ1) is 11.1. The molecule has 1 atom stereocenters. The minimum atomic E-state index is -4.25. The lowest BCUT2D eigenvalue weighted by atomic mass is 10.00. The molecule has 1 aliphatic heterocycles. The number of rotatable bonds is 5. The van der Waals surface area contributed by atoms with E-state index >= 15 is 0 Å². The van der Waals surface area contributed by atoms with Crippen LogP contribution in [0.15, 0.2) is 0 Å². The van der Waals surface area contributed by atoms with Crippen LogP contribution in [0, 0.1) is 13.8 Å². The average Bonchev–Trinajstić information content (AvgIpc) is 2.71. The highest BCUT2D eigenvalue weighted by molar-refractivity contribution is 5.28. The maximum absolute atomic E-state index is 12.7. The number of piperidine rings is 1. The monoisotopic (exact) mass is 346 g/mol. The summed E-state index contributed by atoms with van der Waals surface area (Å²) in [5, 5.41) is 7.68. The summed E-state index contributed by atoms with van der Waals surface area (Å²) in [5.74, 6) is 0. The molecule has 1 saturated heterocycles. The van der Waals surface area contributed by atoms with E-state index in [0.717, 1.165) is 36.2 Å². The molecular weight excluding hydrogens is 317 g/mol. The van der Waals surface area contributed by atoms with Gasteiger partial charge >= 0.3 is 6.18 Å². The second-order valence-electron chi connectivity index (χ2n) is 7.15. The molecule has 7 heteroatoms. The molecule has 0 radical (unpaired) electrons. The number of likely N-dealkylation sites (tertiary alicyclic amines) is 1. The van der Waals surface area contributed by atoms with Gasteiger partial charge in [0.15, 0.2) is 0 Å². The molecule has 0 saturated carbocycles. The molecule has 1 fully saturated rings. The number of nitrogens with one attached hydrogen (secondary N) is 1. The molecule has 24 heavy (non-hydrogen) atoms. The fourth-order valence-electron chi connectivity index (χ4n) is 3.68. The van der Waals surface area contributed by atoms with Gasteiger partial charge in [0.2, 0.25) is 0 Å². The first-order valence-corrected chi connectivity index (χ1v) is 8.69.